The van der Waals surface area contributed by atoms with Crippen LogP contribution in [0.1, 0.15) is 15.2 Å². The van der Waals surface area contributed by atoms with Gasteiger partial charge in [-0.3, -0.25) is 4.79 Å². The van der Waals surface area contributed by atoms with Crippen LogP contribution in [0.3, 0.4) is 0 Å². The smallest absolute Gasteiger partial charge is 0.251 e. The maximum Gasteiger partial charge on any atom is 0.251 e. The average molecular weight is 422 g/mol. The van der Waals surface area contributed by atoms with Crippen molar-refractivity contribution < 1.29 is 4.79 Å². The Bertz CT molecular complexity index is 541. The number of benzene rings is 1. The molecule has 2 aromatic rings. The first-order valence-corrected chi connectivity index (χ1v) is 7.67. The highest BCUT2D eigenvalue weighted by Gasteiger charge is 2.06. The lowest BCUT2D eigenvalue weighted by atomic mass is 10.2. The Morgan fingerprint density at radius 2 is 2.24 bits per heavy atom. The van der Waals surface area contributed by atoms with Gasteiger partial charge in [0, 0.05) is 23.9 Å². The Morgan fingerprint density at radius 3 is 2.88 bits per heavy atom. The Labute approximate surface area is 126 Å². The van der Waals surface area contributed by atoms with E-state index in [1.165, 1.54) is 0 Å². The van der Waals surface area contributed by atoms with Gasteiger partial charge in [0.05, 0.1) is 6.54 Å². The molecular formula is C12H9BrINOS. The average Bonchev–Trinajstić information content (AvgIpc) is 2.72. The molecule has 0 saturated carbocycles. The maximum absolute atomic E-state index is 11.9. The van der Waals surface area contributed by atoms with Gasteiger partial charge in [0.15, 0.2) is 0 Å². The van der Waals surface area contributed by atoms with Crippen molar-refractivity contribution in [3.8, 4) is 0 Å². The van der Waals surface area contributed by atoms with Crippen molar-refractivity contribution in [2.45, 2.75) is 6.54 Å². The first-order chi connectivity index (χ1) is 8.15. The van der Waals surface area contributed by atoms with E-state index in [-0.39, 0.29) is 5.91 Å². The number of hydrogen-bond donors (Lipinski definition) is 1. The number of hydrogen-bond acceptors (Lipinski definition) is 2. The molecule has 0 bridgehead atoms. The lowest BCUT2D eigenvalue weighted by molar-refractivity contribution is 0.0951. The number of carbonyl (C=O) groups excluding carboxylic acids is 1. The summed E-state index contributed by atoms with van der Waals surface area (Å²) in [5.74, 6) is -0.0342. The van der Waals surface area contributed by atoms with Gasteiger partial charge < -0.3 is 5.32 Å². The van der Waals surface area contributed by atoms with Crippen molar-refractivity contribution in [2.75, 3.05) is 0 Å². The van der Waals surface area contributed by atoms with Crippen LogP contribution in [0.2, 0.25) is 0 Å². The van der Waals surface area contributed by atoms with Crippen LogP contribution in [0.5, 0.6) is 0 Å². The summed E-state index contributed by atoms with van der Waals surface area (Å²) >= 11 is 7.22. The molecule has 0 unspecified atom stereocenters. The van der Waals surface area contributed by atoms with Gasteiger partial charge in [-0.15, -0.1) is 11.3 Å². The van der Waals surface area contributed by atoms with E-state index in [1.807, 2.05) is 35.7 Å². The van der Waals surface area contributed by atoms with Crippen LogP contribution >= 0.6 is 49.9 Å². The van der Waals surface area contributed by atoms with E-state index in [9.17, 15) is 4.79 Å². The summed E-state index contributed by atoms with van der Waals surface area (Å²) in [6, 6.07) is 9.56. The quantitative estimate of drug-likeness (QED) is 0.744. The minimum atomic E-state index is -0.0342. The van der Waals surface area contributed by atoms with Crippen LogP contribution in [0, 0.1) is 3.57 Å². The topological polar surface area (TPSA) is 29.1 Å². The summed E-state index contributed by atoms with van der Waals surface area (Å²) in [6.07, 6.45) is 0. The summed E-state index contributed by atoms with van der Waals surface area (Å²) in [4.78, 5) is 13.0. The Hall–Kier alpha value is -0.400. The minimum Gasteiger partial charge on any atom is -0.347 e. The van der Waals surface area contributed by atoms with Crippen LogP contribution in [-0.2, 0) is 6.54 Å². The van der Waals surface area contributed by atoms with Gasteiger partial charge in [0.2, 0.25) is 0 Å². The third kappa shape index (κ3) is 3.79. The molecule has 2 nitrogen and oxygen atoms in total. The predicted molar refractivity (Wildman–Crippen MR) is 82.3 cm³/mol. The summed E-state index contributed by atoms with van der Waals surface area (Å²) < 4.78 is 2.12. The van der Waals surface area contributed by atoms with Crippen molar-refractivity contribution in [3.63, 3.8) is 0 Å². The lowest BCUT2D eigenvalue weighted by Crippen LogP contribution is -2.22. The normalized spacial score (nSPS) is 10.2. The highest BCUT2D eigenvalue weighted by atomic mass is 127. The van der Waals surface area contributed by atoms with Crippen LogP contribution in [0.4, 0.5) is 0 Å². The van der Waals surface area contributed by atoms with Crippen LogP contribution in [-0.4, -0.2) is 5.91 Å². The molecule has 1 aromatic heterocycles. The Balaban J connectivity index is 1.98. The van der Waals surface area contributed by atoms with E-state index in [0.717, 1.165) is 12.9 Å². The maximum atomic E-state index is 11.9. The zero-order chi connectivity index (χ0) is 12.3. The van der Waals surface area contributed by atoms with Crippen molar-refractivity contribution in [2.24, 2.45) is 0 Å². The van der Waals surface area contributed by atoms with E-state index < -0.39 is 0 Å². The SMILES string of the molecule is O=C(NCc1cc(Br)cs1)c1cccc(I)c1. The van der Waals surface area contributed by atoms with Gasteiger partial charge in [-0.2, -0.15) is 0 Å². The fraction of sp³-hybridized carbons (Fsp3) is 0.0833. The molecular weight excluding hydrogens is 413 g/mol. The van der Waals surface area contributed by atoms with E-state index >= 15 is 0 Å². The number of thiophene rings is 1. The molecule has 1 amide bonds. The molecule has 1 heterocycles. The zero-order valence-corrected chi connectivity index (χ0v) is 13.3. The molecule has 0 atom stereocenters. The van der Waals surface area contributed by atoms with Crippen LogP contribution < -0.4 is 5.32 Å². The summed E-state index contributed by atoms with van der Waals surface area (Å²) in [5, 5.41) is 4.91. The van der Waals surface area contributed by atoms with Gasteiger partial charge in [-0.05, 0) is 62.8 Å². The molecule has 17 heavy (non-hydrogen) atoms. The summed E-state index contributed by atoms with van der Waals surface area (Å²) in [7, 11) is 0. The predicted octanol–water partition coefficient (Wildman–Crippen LogP) is 4.05. The van der Waals surface area contributed by atoms with E-state index in [0.29, 0.717) is 12.1 Å². The van der Waals surface area contributed by atoms with Crippen molar-refractivity contribution >= 4 is 55.8 Å². The molecule has 0 aliphatic heterocycles. The molecule has 2 rings (SSSR count). The molecule has 0 aliphatic rings. The van der Waals surface area contributed by atoms with Gasteiger partial charge in [-0.25, -0.2) is 0 Å². The first kappa shape index (κ1) is 13.0. The Morgan fingerprint density at radius 1 is 1.41 bits per heavy atom. The van der Waals surface area contributed by atoms with Gasteiger partial charge in [0.1, 0.15) is 0 Å². The molecule has 0 spiro atoms. The molecule has 0 radical (unpaired) electrons. The number of nitrogens with one attached hydrogen (secondary N) is 1. The van der Waals surface area contributed by atoms with Crippen LogP contribution in [0.25, 0.3) is 0 Å². The molecule has 0 aliphatic carbocycles. The number of rotatable bonds is 3. The molecule has 88 valence electrons. The second-order valence-corrected chi connectivity index (χ2v) is 6.58. The van der Waals surface area contributed by atoms with Crippen LogP contribution in [0.15, 0.2) is 40.2 Å². The standard InChI is InChI=1S/C12H9BrINOS/c13-9-5-11(17-7-9)6-15-12(16)8-2-1-3-10(14)4-8/h1-5,7H,6H2,(H,15,16). The Kier molecular flexibility index (Phi) is 4.58. The third-order valence-corrected chi connectivity index (χ3v) is 4.50. The molecule has 0 saturated heterocycles. The van der Waals surface area contributed by atoms with E-state index in [4.69, 9.17) is 0 Å². The second kappa shape index (κ2) is 5.97. The molecule has 0 fully saturated rings. The molecule has 1 aromatic carbocycles. The monoisotopic (exact) mass is 421 g/mol. The first-order valence-electron chi connectivity index (χ1n) is 4.92. The minimum absolute atomic E-state index is 0.0342. The highest BCUT2D eigenvalue weighted by Crippen LogP contribution is 2.19. The lowest BCUT2D eigenvalue weighted by Gasteiger charge is -2.03. The van der Waals surface area contributed by atoms with Gasteiger partial charge >= 0.3 is 0 Å². The highest BCUT2D eigenvalue weighted by molar-refractivity contribution is 14.1. The van der Waals surface area contributed by atoms with E-state index in [1.54, 1.807) is 11.3 Å². The zero-order valence-electron chi connectivity index (χ0n) is 8.74. The molecule has 5 heteroatoms. The van der Waals surface area contributed by atoms with Gasteiger partial charge in [0.25, 0.3) is 5.91 Å². The van der Waals surface area contributed by atoms with Crippen molar-refractivity contribution in [3.05, 3.63) is 54.2 Å². The third-order valence-electron chi connectivity index (χ3n) is 2.13. The fourth-order valence-electron chi connectivity index (χ4n) is 1.35. The fourth-order valence-corrected chi connectivity index (χ4v) is 3.28. The summed E-state index contributed by atoms with van der Waals surface area (Å²) in [6.45, 7) is 0.570. The van der Waals surface area contributed by atoms with Crippen molar-refractivity contribution in [1.29, 1.82) is 0 Å². The van der Waals surface area contributed by atoms with Crippen molar-refractivity contribution in [1.82, 2.24) is 5.32 Å². The summed E-state index contributed by atoms with van der Waals surface area (Å²) in [5.41, 5.74) is 0.701. The van der Waals surface area contributed by atoms with E-state index in [2.05, 4.69) is 43.8 Å². The number of halogens is 2. The molecule has 1 N–H and O–H groups in total. The van der Waals surface area contributed by atoms with Gasteiger partial charge in [-0.1, -0.05) is 6.07 Å². The largest absolute Gasteiger partial charge is 0.347 e. The number of amides is 1. The second-order valence-electron chi connectivity index (χ2n) is 3.42. The number of carbonyl (C=O) groups is 1.